The molecule has 0 saturated heterocycles. The zero-order valence-electron chi connectivity index (χ0n) is 43.8. The van der Waals surface area contributed by atoms with Gasteiger partial charge >= 0.3 is 0 Å². The normalized spacial score (nSPS) is 19.3. The third-order valence-corrected chi connectivity index (χ3v) is 17.0. The van der Waals surface area contributed by atoms with Crippen LogP contribution in [-0.4, -0.2) is 6.71 Å². The molecule has 2 unspecified atom stereocenters. The zero-order valence-corrected chi connectivity index (χ0v) is 43.8. The van der Waals surface area contributed by atoms with Crippen LogP contribution in [0.3, 0.4) is 0 Å². The van der Waals surface area contributed by atoms with Crippen molar-refractivity contribution in [2.45, 2.75) is 168 Å². The highest BCUT2D eigenvalue weighted by Gasteiger charge is 2.50. The van der Waals surface area contributed by atoms with Gasteiger partial charge in [0.25, 0.3) is 6.71 Å². The molecule has 0 saturated carbocycles. The molecular formula is C64H73BN2O. The second-order valence-electron chi connectivity index (χ2n) is 25.8. The Morgan fingerprint density at radius 1 is 0.544 bits per heavy atom. The number of hydrogen-bond acceptors (Lipinski definition) is 3. The Morgan fingerprint density at radius 2 is 1.10 bits per heavy atom. The number of furan rings is 1. The van der Waals surface area contributed by atoms with E-state index in [1.807, 2.05) is 0 Å². The Hall–Kier alpha value is -5.48. The molecule has 4 aliphatic rings. The monoisotopic (exact) mass is 897 g/mol. The van der Waals surface area contributed by atoms with E-state index >= 15 is 0 Å². The lowest BCUT2D eigenvalue weighted by molar-refractivity contribution is 0.332. The molecule has 1 aromatic heterocycles. The van der Waals surface area contributed by atoms with Crippen molar-refractivity contribution in [3.63, 3.8) is 0 Å². The number of fused-ring (bicyclic) bond motifs is 8. The van der Waals surface area contributed by atoms with Crippen molar-refractivity contribution < 1.29 is 4.42 Å². The van der Waals surface area contributed by atoms with Crippen molar-refractivity contribution in [3.8, 4) is 11.1 Å². The Kier molecular flexibility index (Phi) is 9.93. The molecule has 3 nitrogen and oxygen atoms in total. The predicted octanol–water partition coefficient (Wildman–Crippen LogP) is 16.4. The van der Waals surface area contributed by atoms with Gasteiger partial charge in [-0.1, -0.05) is 158 Å². The molecule has 6 aromatic carbocycles. The third-order valence-electron chi connectivity index (χ3n) is 17.0. The molecule has 2 aliphatic carbocycles. The lowest BCUT2D eigenvalue weighted by atomic mass is 9.35. The van der Waals surface area contributed by atoms with E-state index in [9.17, 15) is 0 Å². The van der Waals surface area contributed by atoms with Crippen LogP contribution in [0.15, 0.2) is 114 Å². The van der Waals surface area contributed by atoms with E-state index in [-0.39, 0.29) is 33.8 Å². The summed E-state index contributed by atoms with van der Waals surface area (Å²) in [6.07, 6.45) is 4.73. The highest BCUT2D eigenvalue weighted by atomic mass is 16.3. The van der Waals surface area contributed by atoms with Crippen molar-refractivity contribution in [1.82, 2.24) is 0 Å². The first kappa shape index (κ1) is 45.0. The maximum atomic E-state index is 7.69. The standard InChI is InChI=1S/C64H73BN2O/c1-38-21-22-39(2)46-35-56-48(34-45(38)46)58-59(68-56)65-51-36-49-50(64(14,15)30-29-63(49,12)13)37-53(51)66(44-26-23-41(24-27-44)60(3,4)5)54-32-43(62(9,10)11)33-55(57(54)65)67(58)52-28-25-42(61(6,7)8)31-47(52)40-19-17-16-18-20-40/h16-20,23-28,31-39H,21-22,29-30H2,1-15H3. The molecule has 0 spiro atoms. The van der Waals surface area contributed by atoms with E-state index in [1.165, 1.54) is 113 Å². The second kappa shape index (κ2) is 15.0. The van der Waals surface area contributed by atoms with Gasteiger partial charge in [0.1, 0.15) is 5.58 Å². The smallest absolute Gasteiger partial charge is 0.297 e. The molecule has 3 heterocycles. The fourth-order valence-corrected chi connectivity index (χ4v) is 12.4. The van der Waals surface area contributed by atoms with Crippen LogP contribution in [0.1, 0.15) is 180 Å². The van der Waals surface area contributed by atoms with Gasteiger partial charge in [0.2, 0.25) is 0 Å². The van der Waals surface area contributed by atoms with Crippen molar-refractivity contribution in [1.29, 1.82) is 0 Å². The van der Waals surface area contributed by atoms with E-state index in [1.54, 1.807) is 0 Å². The van der Waals surface area contributed by atoms with E-state index in [0.29, 0.717) is 11.8 Å². The van der Waals surface area contributed by atoms with Gasteiger partial charge in [-0.25, -0.2) is 0 Å². The molecule has 68 heavy (non-hydrogen) atoms. The SMILES string of the molecule is CC1CCC(C)c2cc3c4c(oc3cc21)B1c2cc3c(cc2N(c2ccc(C(C)(C)C)cc2)c2cc(C(C)(C)C)cc(c21)N4c1ccc(C(C)(C)C)cc1-c1ccccc1)C(C)(C)CCC3(C)C. The maximum Gasteiger partial charge on any atom is 0.297 e. The molecule has 7 aromatic rings. The topological polar surface area (TPSA) is 19.6 Å². The molecule has 0 radical (unpaired) electrons. The molecular weight excluding hydrogens is 824 g/mol. The minimum atomic E-state index is -0.141. The van der Waals surface area contributed by atoms with Crippen LogP contribution in [0.2, 0.25) is 0 Å². The third kappa shape index (κ3) is 6.96. The van der Waals surface area contributed by atoms with Crippen LogP contribution in [0.4, 0.5) is 34.1 Å². The van der Waals surface area contributed by atoms with E-state index in [4.69, 9.17) is 4.42 Å². The molecule has 2 aliphatic heterocycles. The van der Waals surface area contributed by atoms with E-state index in [0.717, 1.165) is 24.1 Å². The molecule has 0 amide bonds. The van der Waals surface area contributed by atoms with E-state index in [2.05, 4.69) is 223 Å². The minimum absolute atomic E-state index is 0.0282. The Morgan fingerprint density at radius 3 is 1.71 bits per heavy atom. The Labute approximate surface area is 408 Å². The van der Waals surface area contributed by atoms with Gasteiger partial charge in [0.15, 0.2) is 0 Å². The van der Waals surface area contributed by atoms with Crippen LogP contribution >= 0.6 is 0 Å². The lowest BCUT2D eigenvalue weighted by Gasteiger charge is -2.47. The van der Waals surface area contributed by atoms with Gasteiger partial charge in [-0.2, -0.15) is 0 Å². The fraction of sp³-hybridized carbons (Fsp3) is 0.406. The van der Waals surface area contributed by atoms with Gasteiger partial charge in [-0.3, -0.25) is 0 Å². The fourth-order valence-electron chi connectivity index (χ4n) is 12.4. The number of hydrogen-bond donors (Lipinski definition) is 0. The first-order valence-corrected chi connectivity index (χ1v) is 25.8. The van der Waals surface area contributed by atoms with Crippen LogP contribution < -0.4 is 26.4 Å². The number of nitrogens with zero attached hydrogens (tertiary/aromatic N) is 2. The van der Waals surface area contributed by atoms with Crippen LogP contribution in [0.5, 0.6) is 0 Å². The van der Waals surface area contributed by atoms with Gasteiger partial charge in [0.05, 0.1) is 17.0 Å². The first-order chi connectivity index (χ1) is 31.9. The Bertz CT molecular complexity index is 3160. The molecule has 0 fully saturated rings. The first-order valence-electron chi connectivity index (χ1n) is 25.8. The molecule has 11 rings (SSSR count). The summed E-state index contributed by atoms with van der Waals surface area (Å²) in [6, 6.07) is 43.2. The number of rotatable bonds is 3. The molecule has 2 atom stereocenters. The lowest BCUT2D eigenvalue weighted by Crippen LogP contribution is -2.61. The summed E-state index contributed by atoms with van der Waals surface area (Å²) in [6.45, 7) is 35.7. The van der Waals surface area contributed by atoms with Gasteiger partial charge in [-0.05, 0) is 175 Å². The average Bonchev–Trinajstić information content (AvgIpc) is 3.65. The predicted molar refractivity (Wildman–Crippen MR) is 293 cm³/mol. The molecule has 0 bridgehead atoms. The summed E-state index contributed by atoms with van der Waals surface area (Å²) < 4.78 is 7.69. The van der Waals surface area contributed by atoms with Crippen LogP contribution in [-0.2, 0) is 27.1 Å². The number of benzene rings is 6. The minimum Gasteiger partial charge on any atom is -0.468 e. The van der Waals surface area contributed by atoms with Crippen molar-refractivity contribution in [2.24, 2.45) is 0 Å². The van der Waals surface area contributed by atoms with Gasteiger partial charge < -0.3 is 14.2 Å². The molecule has 4 heteroatoms. The summed E-state index contributed by atoms with van der Waals surface area (Å²) in [7, 11) is 0. The maximum absolute atomic E-state index is 7.69. The summed E-state index contributed by atoms with van der Waals surface area (Å²) in [4.78, 5) is 5.29. The zero-order chi connectivity index (χ0) is 48.2. The van der Waals surface area contributed by atoms with Crippen molar-refractivity contribution in [2.75, 3.05) is 9.80 Å². The highest BCUT2D eigenvalue weighted by Crippen LogP contribution is 2.54. The summed E-state index contributed by atoms with van der Waals surface area (Å²) in [5.74, 6) is 0.971. The average molecular weight is 897 g/mol. The van der Waals surface area contributed by atoms with E-state index < -0.39 is 0 Å². The van der Waals surface area contributed by atoms with Crippen LogP contribution in [0.25, 0.3) is 22.1 Å². The van der Waals surface area contributed by atoms with Gasteiger partial charge in [0, 0.05) is 33.7 Å². The quantitative estimate of drug-likeness (QED) is 0.165. The number of anilines is 6. The largest absolute Gasteiger partial charge is 0.468 e. The molecule has 348 valence electrons. The van der Waals surface area contributed by atoms with Gasteiger partial charge in [-0.15, -0.1) is 0 Å². The van der Waals surface area contributed by atoms with Crippen molar-refractivity contribution in [3.05, 3.63) is 148 Å². The summed E-state index contributed by atoms with van der Waals surface area (Å²) in [5.41, 5.74) is 24.3. The Balaban J connectivity index is 1.32. The van der Waals surface area contributed by atoms with Crippen LogP contribution in [0, 0.1) is 0 Å². The second-order valence-corrected chi connectivity index (χ2v) is 25.8. The summed E-state index contributed by atoms with van der Waals surface area (Å²) >= 11 is 0. The summed E-state index contributed by atoms with van der Waals surface area (Å²) in [5, 5.41) is 1.22. The van der Waals surface area contributed by atoms with Crippen molar-refractivity contribution >= 4 is 68.4 Å². The molecule has 0 N–H and O–H groups in total. The highest BCUT2D eigenvalue weighted by molar-refractivity contribution is 7.00.